The van der Waals surface area contributed by atoms with E-state index >= 15 is 0 Å². The fraction of sp³-hybridized carbons (Fsp3) is 0.286. The molecule has 132 valence electrons. The van der Waals surface area contributed by atoms with Crippen molar-refractivity contribution < 1.29 is 14.6 Å². The van der Waals surface area contributed by atoms with Gasteiger partial charge in [-0.3, -0.25) is 0 Å². The number of carbonyl (C=O) groups is 1. The molecule has 2 aromatic carbocycles. The van der Waals surface area contributed by atoms with Crippen molar-refractivity contribution in [3.63, 3.8) is 0 Å². The number of hydrogen-bond donors (Lipinski definition) is 1. The first-order valence-electron chi connectivity index (χ1n) is 8.15. The Bertz CT molecular complexity index is 748. The lowest BCUT2D eigenvalue weighted by Gasteiger charge is -2.21. The number of carboxylic acid groups (broad SMARTS) is 1. The van der Waals surface area contributed by atoms with E-state index in [-0.39, 0.29) is 0 Å². The molecule has 1 N–H and O–H groups in total. The van der Waals surface area contributed by atoms with Gasteiger partial charge in [-0.15, -0.1) is 11.8 Å². The fourth-order valence-corrected chi connectivity index (χ4v) is 2.78. The second kappa shape index (κ2) is 8.26. The van der Waals surface area contributed by atoms with Crippen molar-refractivity contribution in [1.82, 2.24) is 0 Å². The molecule has 0 saturated heterocycles. The molecule has 0 fully saturated rings. The van der Waals surface area contributed by atoms with E-state index < -0.39 is 11.6 Å². The molecule has 25 heavy (non-hydrogen) atoms. The number of ether oxygens (including phenoxy) is 1. The first-order chi connectivity index (χ1) is 11.8. The van der Waals surface area contributed by atoms with Gasteiger partial charge in [0.15, 0.2) is 5.60 Å². The highest BCUT2D eigenvalue weighted by Gasteiger charge is 2.29. The summed E-state index contributed by atoms with van der Waals surface area (Å²) in [6.07, 6.45) is 3.72. The first-order valence-corrected chi connectivity index (χ1v) is 9.38. The van der Waals surface area contributed by atoms with Crippen LogP contribution in [0.3, 0.4) is 0 Å². The zero-order valence-corrected chi connectivity index (χ0v) is 15.7. The predicted octanol–water partition coefficient (Wildman–Crippen LogP) is 5.30. The normalized spacial score (nSPS) is 11.2. The number of benzene rings is 2. The number of carboxylic acids is 1. The highest BCUT2D eigenvalue weighted by atomic mass is 32.2. The molecule has 0 heterocycles. The third-order valence-corrected chi connectivity index (χ3v) is 4.74. The standard InChI is InChI=1S/C21H24O3S/c1-15(17-10-12-19(25-4)13-11-17)8-9-16-6-5-7-18(14-16)24-21(2,3)20(22)23/h5-7,10-14H,1,8-9H2,2-4H3,(H,22,23). The molecule has 0 spiro atoms. The maximum absolute atomic E-state index is 11.2. The number of aliphatic carboxylic acids is 1. The summed E-state index contributed by atoms with van der Waals surface area (Å²) in [4.78, 5) is 12.4. The summed E-state index contributed by atoms with van der Waals surface area (Å²) in [5.41, 5.74) is 2.09. The van der Waals surface area contributed by atoms with Gasteiger partial charge in [0.25, 0.3) is 0 Å². The molecule has 0 radical (unpaired) electrons. The van der Waals surface area contributed by atoms with Crippen molar-refractivity contribution in [3.8, 4) is 5.75 Å². The van der Waals surface area contributed by atoms with E-state index in [2.05, 4.69) is 37.1 Å². The van der Waals surface area contributed by atoms with Crippen LogP contribution >= 0.6 is 11.8 Å². The van der Waals surface area contributed by atoms with E-state index in [1.54, 1.807) is 31.7 Å². The van der Waals surface area contributed by atoms with E-state index in [1.807, 2.05) is 18.2 Å². The molecule has 0 aliphatic heterocycles. The summed E-state index contributed by atoms with van der Waals surface area (Å²) in [6.45, 7) is 7.27. The third-order valence-electron chi connectivity index (χ3n) is 4.00. The lowest BCUT2D eigenvalue weighted by atomic mass is 10.00. The molecule has 4 heteroatoms. The van der Waals surface area contributed by atoms with Gasteiger partial charge in [0.1, 0.15) is 5.75 Å². The van der Waals surface area contributed by atoms with Crippen molar-refractivity contribution in [2.45, 2.75) is 37.2 Å². The topological polar surface area (TPSA) is 46.5 Å². The number of hydrogen-bond acceptors (Lipinski definition) is 3. The second-order valence-electron chi connectivity index (χ2n) is 6.40. The van der Waals surface area contributed by atoms with Crippen molar-refractivity contribution in [3.05, 3.63) is 66.2 Å². The van der Waals surface area contributed by atoms with E-state index in [0.29, 0.717) is 5.75 Å². The maximum atomic E-state index is 11.2. The van der Waals surface area contributed by atoms with E-state index in [1.165, 1.54) is 4.90 Å². The van der Waals surface area contributed by atoms with Gasteiger partial charge < -0.3 is 9.84 Å². The van der Waals surface area contributed by atoms with Crippen molar-refractivity contribution in [2.75, 3.05) is 6.26 Å². The van der Waals surface area contributed by atoms with Crippen molar-refractivity contribution in [2.24, 2.45) is 0 Å². The molecule has 0 aromatic heterocycles. The lowest BCUT2D eigenvalue weighted by Crippen LogP contribution is -2.37. The quantitative estimate of drug-likeness (QED) is 0.652. The SMILES string of the molecule is C=C(CCc1cccc(OC(C)(C)C(=O)O)c1)c1ccc(SC)cc1. The number of allylic oxidation sites excluding steroid dienone is 1. The molecule has 2 aromatic rings. The minimum absolute atomic E-state index is 0.569. The van der Waals surface area contributed by atoms with Crippen LogP contribution in [0.25, 0.3) is 5.57 Å². The minimum Gasteiger partial charge on any atom is -0.478 e. The van der Waals surface area contributed by atoms with Crippen LogP contribution in [0.1, 0.15) is 31.4 Å². The first kappa shape index (κ1) is 19.1. The van der Waals surface area contributed by atoms with E-state index in [9.17, 15) is 9.90 Å². The van der Waals surface area contributed by atoms with Crippen LogP contribution in [-0.4, -0.2) is 22.9 Å². The van der Waals surface area contributed by atoms with Crippen LogP contribution in [-0.2, 0) is 11.2 Å². The summed E-state index contributed by atoms with van der Waals surface area (Å²) in [7, 11) is 0. The number of rotatable bonds is 8. The summed E-state index contributed by atoms with van der Waals surface area (Å²) in [6, 6.07) is 16.0. The fourth-order valence-electron chi connectivity index (χ4n) is 2.37. The Hall–Kier alpha value is -2.20. The summed E-state index contributed by atoms with van der Waals surface area (Å²) in [5.74, 6) is -0.417. The van der Waals surface area contributed by atoms with Gasteiger partial charge in [0, 0.05) is 4.90 Å². The van der Waals surface area contributed by atoms with Gasteiger partial charge in [0.05, 0.1) is 0 Å². The Morgan fingerprint density at radius 3 is 2.48 bits per heavy atom. The molecule has 0 saturated carbocycles. The Morgan fingerprint density at radius 2 is 1.88 bits per heavy atom. The van der Waals surface area contributed by atoms with Crippen LogP contribution in [0.2, 0.25) is 0 Å². The number of thioether (sulfide) groups is 1. The highest BCUT2D eigenvalue weighted by Crippen LogP contribution is 2.24. The van der Waals surface area contributed by atoms with Crippen LogP contribution in [0.15, 0.2) is 60.0 Å². The second-order valence-corrected chi connectivity index (χ2v) is 7.28. The van der Waals surface area contributed by atoms with E-state index in [0.717, 1.165) is 29.5 Å². The van der Waals surface area contributed by atoms with Gasteiger partial charge in [-0.2, -0.15) is 0 Å². The predicted molar refractivity (Wildman–Crippen MR) is 104 cm³/mol. The van der Waals surface area contributed by atoms with Gasteiger partial charge in [-0.25, -0.2) is 4.79 Å². The zero-order valence-electron chi connectivity index (χ0n) is 14.9. The molecule has 0 aliphatic rings. The number of aryl methyl sites for hydroxylation is 1. The van der Waals surface area contributed by atoms with Crippen molar-refractivity contribution in [1.29, 1.82) is 0 Å². The van der Waals surface area contributed by atoms with Gasteiger partial charge in [-0.1, -0.05) is 30.8 Å². The average molecular weight is 356 g/mol. The van der Waals surface area contributed by atoms with Gasteiger partial charge >= 0.3 is 5.97 Å². The molecular formula is C21H24O3S. The Labute approximate surface area is 153 Å². The molecule has 0 bridgehead atoms. The molecule has 0 atom stereocenters. The maximum Gasteiger partial charge on any atom is 0.347 e. The monoisotopic (exact) mass is 356 g/mol. The average Bonchev–Trinajstić information content (AvgIpc) is 2.59. The molecule has 2 rings (SSSR count). The third kappa shape index (κ3) is 5.40. The van der Waals surface area contributed by atoms with Crippen LogP contribution in [0.5, 0.6) is 5.75 Å². The largest absolute Gasteiger partial charge is 0.478 e. The zero-order chi connectivity index (χ0) is 18.4. The van der Waals surface area contributed by atoms with Gasteiger partial charge in [0.2, 0.25) is 0 Å². The van der Waals surface area contributed by atoms with Crippen molar-refractivity contribution >= 4 is 23.3 Å². The molecule has 0 amide bonds. The van der Waals surface area contributed by atoms with Crippen LogP contribution in [0, 0.1) is 0 Å². The smallest absolute Gasteiger partial charge is 0.347 e. The van der Waals surface area contributed by atoms with E-state index in [4.69, 9.17) is 4.74 Å². The Balaban J connectivity index is 1.99. The molecular weight excluding hydrogens is 332 g/mol. The Kier molecular flexibility index (Phi) is 6.32. The van der Waals surface area contributed by atoms with Crippen LogP contribution < -0.4 is 4.74 Å². The highest BCUT2D eigenvalue weighted by molar-refractivity contribution is 7.98. The summed E-state index contributed by atoms with van der Waals surface area (Å²) < 4.78 is 5.60. The van der Waals surface area contributed by atoms with Crippen LogP contribution in [0.4, 0.5) is 0 Å². The lowest BCUT2D eigenvalue weighted by molar-refractivity contribution is -0.152. The molecule has 3 nitrogen and oxygen atoms in total. The molecule has 0 unspecified atom stereocenters. The summed E-state index contributed by atoms with van der Waals surface area (Å²) in [5, 5.41) is 9.17. The Morgan fingerprint density at radius 1 is 1.20 bits per heavy atom. The molecule has 0 aliphatic carbocycles. The summed E-state index contributed by atoms with van der Waals surface area (Å²) >= 11 is 1.72. The van der Waals surface area contributed by atoms with Gasteiger partial charge in [-0.05, 0) is 73.9 Å². The minimum atomic E-state index is -1.25.